The van der Waals surface area contributed by atoms with Crippen LogP contribution in [0.15, 0.2) is 47.8 Å². The minimum Gasteiger partial charge on any atom is -0.344 e. The van der Waals surface area contributed by atoms with Gasteiger partial charge in [0, 0.05) is 12.4 Å². The fraction of sp³-hybridized carbons (Fsp3) is 0.564. The first-order chi connectivity index (χ1) is 27.4. The van der Waals surface area contributed by atoms with Crippen LogP contribution >= 0.6 is 0 Å². The SMILES string of the molecule is CC[C@H](NC(=O)[C@H](CC1CCCCC1)NC(=O)[C@@H](NC(=O)[C@H](CC(C)C)NC(=O)c1cnccn1)[C@@H](C)CC)C(=O)C(=O)NCC(=O)NS(=O)(=O)c1cccc(F)c1. The van der Waals surface area contributed by atoms with Crippen molar-refractivity contribution >= 4 is 51.2 Å². The van der Waals surface area contributed by atoms with Gasteiger partial charge < -0.3 is 26.6 Å². The Labute approximate surface area is 338 Å². The Morgan fingerprint density at radius 1 is 0.828 bits per heavy atom. The van der Waals surface area contributed by atoms with Crippen molar-refractivity contribution < 1.29 is 46.4 Å². The van der Waals surface area contributed by atoms with E-state index in [1.165, 1.54) is 25.5 Å². The molecule has 1 aromatic heterocycles. The summed E-state index contributed by atoms with van der Waals surface area (Å²) in [6.07, 6.45) is 9.42. The van der Waals surface area contributed by atoms with Crippen molar-refractivity contribution in [2.24, 2.45) is 17.8 Å². The summed E-state index contributed by atoms with van der Waals surface area (Å²) in [5.74, 6) is -7.44. The number of carbonyl (C=O) groups excluding carboxylic acids is 7. The molecule has 6 amide bonds. The molecule has 19 heteroatoms. The summed E-state index contributed by atoms with van der Waals surface area (Å²) < 4.78 is 40.1. The molecule has 1 saturated carbocycles. The lowest BCUT2D eigenvalue weighted by Gasteiger charge is -2.31. The van der Waals surface area contributed by atoms with E-state index < -0.39 is 98.6 Å². The van der Waals surface area contributed by atoms with Crippen molar-refractivity contribution in [3.63, 3.8) is 0 Å². The summed E-state index contributed by atoms with van der Waals surface area (Å²) in [4.78, 5) is 100. The molecule has 6 N–H and O–H groups in total. The lowest BCUT2D eigenvalue weighted by molar-refractivity contribution is -0.141. The summed E-state index contributed by atoms with van der Waals surface area (Å²) in [6.45, 7) is 7.96. The number of amides is 6. The molecule has 1 aromatic carbocycles. The van der Waals surface area contributed by atoms with Crippen LogP contribution in [0.5, 0.6) is 0 Å². The maximum atomic E-state index is 14.0. The molecule has 0 radical (unpaired) electrons. The second-order valence-electron chi connectivity index (χ2n) is 14.9. The maximum absolute atomic E-state index is 14.0. The summed E-state index contributed by atoms with van der Waals surface area (Å²) in [5.41, 5.74) is 0.0109. The van der Waals surface area contributed by atoms with E-state index in [2.05, 4.69) is 31.2 Å². The summed E-state index contributed by atoms with van der Waals surface area (Å²) in [5, 5.41) is 12.9. The number of rotatable bonds is 21. The summed E-state index contributed by atoms with van der Waals surface area (Å²) in [7, 11) is -4.48. The van der Waals surface area contributed by atoms with Crippen molar-refractivity contribution in [2.45, 2.75) is 121 Å². The first-order valence-electron chi connectivity index (χ1n) is 19.6. The molecule has 1 fully saturated rings. The normalized spacial score (nSPS) is 15.8. The Kier molecular flexibility index (Phi) is 18.3. The van der Waals surface area contributed by atoms with E-state index in [9.17, 15) is 46.4 Å². The fourth-order valence-electron chi connectivity index (χ4n) is 6.47. The highest BCUT2D eigenvalue weighted by molar-refractivity contribution is 7.90. The van der Waals surface area contributed by atoms with E-state index in [1.807, 2.05) is 26.1 Å². The number of hydrogen-bond donors (Lipinski definition) is 6. The third kappa shape index (κ3) is 14.6. The summed E-state index contributed by atoms with van der Waals surface area (Å²) in [6, 6.07) is -0.766. The minimum absolute atomic E-state index is 0.0109. The number of nitrogens with one attached hydrogen (secondary N) is 6. The number of halogens is 1. The highest BCUT2D eigenvalue weighted by Gasteiger charge is 2.35. The second kappa shape index (κ2) is 22.6. The first kappa shape index (κ1) is 47.0. The molecule has 58 heavy (non-hydrogen) atoms. The Morgan fingerprint density at radius 3 is 2.10 bits per heavy atom. The molecule has 0 aliphatic heterocycles. The monoisotopic (exact) mass is 830 g/mol. The Balaban J connectivity index is 1.73. The second-order valence-corrected chi connectivity index (χ2v) is 16.6. The molecule has 0 unspecified atom stereocenters. The number of ketones is 1. The van der Waals surface area contributed by atoms with Crippen LogP contribution in [0.25, 0.3) is 0 Å². The lowest BCUT2D eigenvalue weighted by atomic mass is 9.84. The third-order valence-electron chi connectivity index (χ3n) is 9.87. The number of carbonyl (C=O) groups is 7. The highest BCUT2D eigenvalue weighted by Crippen LogP contribution is 2.27. The average Bonchev–Trinajstić information content (AvgIpc) is 3.20. The van der Waals surface area contributed by atoms with Crippen LogP contribution in [0.3, 0.4) is 0 Å². The molecule has 0 bridgehead atoms. The Bertz CT molecular complexity index is 1880. The first-order valence-corrected chi connectivity index (χ1v) is 21.0. The van der Waals surface area contributed by atoms with Gasteiger partial charge in [0.15, 0.2) is 0 Å². The van der Waals surface area contributed by atoms with E-state index in [4.69, 9.17) is 0 Å². The molecule has 1 heterocycles. The van der Waals surface area contributed by atoms with Crippen molar-refractivity contribution in [1.82, 2.24) is 41.3 Å². The van der Waals surface area contributed by atoms with Crippen LogP contribution in [0, 0.1) is 23.6 Å². The van der Waals surface area contributed by atoms with Crippen molar-refractivity contribution in [3.8, 4) is 0 Å². The quantitative estimate of drug-likeness (QED) is 0.0991. The van der Waals surface area contributed by atoms with Crippen LogP contribution in [0.4, 0.5) is 4.39 Å². The van der Waals surface area contributed by atoms with Gasteiger partial charge in [-0.3, -0.25) is 38.5 Å². The number of hydrogen-bond acceptors (Lipinski definition) is 11. The van der Waals surface area contributed by atoms with Crippen molar-refractivity contribution in [3.05, 3.63) is 54.4 Å². The average molecular weight is 831 g/mol. The van der Waals surface area contributed by atoms with Crippen LogP contribution in [0.2, 0.25) is 0 Å². The van der Waals surface area contributed by atoms with Gasteiger partial charge >= 0.3 is 0 Å². The number of benzene rings is 1. The van der Waals surface area contributed by atoms with Gasteiger partial charge in [-0.15, -0.1) is 0 Å². The third-order valence-corrected chi connectivity index (χ3v) is 11.2. The topological polar surface area (TPSA) is 252 Å². The molecule has 5 atom stereocenters. The van der Waals surface area contributed by atoms with Gasteiger partial charge in [-0.1, -0.05) is 79.2 Å². The van der Waals surface area contributed by atoms with Crippen molar-refractivity contribution in [1.29, 1.82) is 0 Å². The molecule has 1 aliphatic carbocycles. The van der Waals surface area contributed by atoms with E-state index >= 15 is 0 Å². The van der Waals surface area contributed by atoms with Gasteiger partial charge in [0.2, 0.25) is 23.5 Å². The number of sulfonamides is 1. The molecule has 318 valence electrons. The van der Waals surface area contributed by atoms with E-state index in [0.717, 1.165) is 50.3 Å². The van der Waals surface area contributed by atoms with Gasteiger partial charge in [0.05, 0.1) is 23.7 Å². The van der Waals surface area contributed by atoms with Gasteiger partial charge in [0.1, 0.15) is 29.6 Å². The molecular formula is C39H55FN8O9S. The van der Waals surface area contributed by atoms with E-state index in [1.54, 1.807) is 11.6 Å². The van der Waals surface area contributed by atoms with E-state index in [0.29, 0.717) is 12.5 Å². The number of Topliss-reactive ketones (excluding diaryl/α,β-unsaturated/α-hetero) is 1. The van der Waals surface area contributed by atoms with Crippen LogP contribution in [-0.2, 0) is 38.8 Å². The molecule has 0 saturated heterocycles. The predicted octanol–water partition coefficient (Wildman–Crippen LogP) is 1.83. The highest BCUT2D eigenvalue weighted by atomic mass is 32.2. The smallest absolute Gasteiger partial charge is 0.290 e. The zero-order valence-corrected chi connectivity index (χ0v) is 34.3. The van der Waals surface area contributed by atoms with Gasteiger partial charge in [0.25, 0.3) is 27.7 Å². The Morgan fingerprint density at radius 2 is 1.50 bits per heavy atom. The van der Waals surface area contributed by atoms with E-state index in [-0.39, 0.29) is 36.8 Å². The molecule has 3 rings (SSSR count). The fourth-order valence-corrected chi connectivity index (χ4v) is 7.48. The van der Waals surface area contributed by atoms with Gasteiger partial charge in [-0.2, -0.15) is 0 Å². The van der Waals surface area contributed by atoms with Crippen LogP contribution in [-0.4, -0.2) is 90.3 Å². The molecule has 17 nitrogen and oxygen atoms in total. The zero-order chi connectivity index (χ0) is 43.0. The molecular weight excluding hydrogens is 776 g/mol. The lowest BCUT2D eigenvalue weighted by Crippen LogP contribution is -2.60. The van der Waals surface area contributed by atoms with Crippen molar-refractivity contribution in [2.75, 3.05) is 6.54 Å². The standard InChI is InChI=1S/C39H55FN8O9S/c1-6-24(5)33(47-36(52)29(18-23(3)4)45-37(53)31-21-41-16-17-42-31)38(54)46-30(19-25-12-9-8-10-13-25)35(51)44-28(7-2)34(50)39(55)43-22-32(49)48-58(56,57)27-15-11-14-26(40)20-27/h11,14-17,20-21,23-25,28-30,33H,6-10,12-13,18-19,22H2,1-5H3,(H,43,55)(H,44,51)(H,45,53)(H,46,54)(H,47,52)(H,48,49)/t24-,28-,29-,30-,33-/m0/s1. The Hall–Kier alpha value is -5.33. The predicted molar refractivity (Wildman–Crippen MR) is 209 cm³/mol. The largest absolute Gasteiger partial charge is 0.344 e. The number of aromatic nitrogens is 2. The molecule has 0 spiro atoms. The maximum Gasteiger partial charge on any atom is 0.290 e. The van der Waals surface area contributed by atoms with Gasteiger partial charge in [-0.25, -0.2) is 22.5 Å². The molecule has 2 aromatic rings. The van der Waals surface area contributed by atoms with Crippen LogP contribution < -0.4 is 31.3 Å². The molecule has 1 aliphatic rings. The summed E-state index contributed by atoms with van der Waals surface area (Å²) >= 11 is 0. The number of nitrogens with zero attached hydrogens (tertiary/aromatic N) is 2. The zero-order valence-electron chi connectivity index (χ0n) is 33.5. The van der Waals surface area contributed by atoms with Gasteiger partial charge in [-0.05, 0) is 55.2 Å². The van der Waals surface area contributed by atoms with Crippen LogP contribution in [0.1, 0.15) is 103 Å². The minimum atomic E-state index is -4.48.